The summed E-state index contributed by atoms with van der Waals surface area (Å²) in [6.45, 7) is 1.84. The third-order valence-electron chi connectivity index (χ3n) is 3.56. The summed E-state index contributed by atoms with van der Waals surface area (Å²) in [6, 6.07) is 15.6. The molecule has 0 saturated heterocycles. The molecular weight excluding hydrogens is 281 g/mol. The second-order valence-electron chi connectivity index (χ2n) is 5.24. The molecule has 1 amide bonds. The van der Waals surface area contributed by atoms with E-state index in [2.05, 4.69) is 5.32 Å². The minimum atomic E-state index is -0.367. The summed E-state index contributed by atoms with van der Waals surface area (Å²) < 4.78 is 19.3. The Kier molecular flexibility index (Phi) is 3.92. The molecule has 0 spiro atoms. The summed E-state index contributed by atoms with van der Waals surface area (Å²) >= 11 is 0. The van der Waals surface area contributed by atoms with Crippen molar-refractivity contribution in [2.24, 2.45) is 0 Å². The molecule has 1 atom stereocenters. The first kappa shape index (κ1) is 14.3. The van der Waals surface area contributed by atoms with Crippen LogP contribution in [-0.2, 0) is 11.2 Å². The average Bonchev–Trinajstić information content (AvgIpc) is 2.93. The Morgan fingerprint density at radius 1 is 1.18 bits per heavy atom. The third-order valence-corrected chi connectivity index (χ3v) is 3.56. The molecule has 3 rings (SSSR count). The standard InChI is InChI=1S/C18H16FNO2/c1-12(17-10-14-7-3-5-9-16(14)22-17)20-18(21)11-13-6-2-4-8-15(13)19/h2-10,12H,11H2,1H3,(H,20,21)/t12-/m1/s1. The molecule has 0 saturated carbocycles. The van der Waals surface area contributed by atoms with Crippen LogP contribution in [-0.4, -0.2) is 5.91 Å². The van der Waals surface area contributed by atoms with Gasteiger partial charge in [0, 0.05) is 5.39 Å². The van der Waals surface area contributed by atoms with Crippen molar-refractivity contribution in [1.29, 1.82) is 0 Å². The molecule has 0 aliphatic rings. The van der Waals surface area contributed by atoms with Crippen molar-refractivity contribution < 1.29 is 13.6 Å². The van der Waals surface area contributed by atoms with Crippen LogP contribution in [0.15, 0.2) is 59.0 Å². The van der Waals surface area contributed by atoms with Gasteiger partial charge < -0.3 is 9.73 Å². The lowest BCUT2D eigenvalue weighted by Gasteiger charge is -2.11. The Labute approximate surface area is 127 Å². The van der Waals surface area contributed by atoms with E-state index in [1.54, 1.807) is 18.2 Å². The molecule has 0 unspecified atom stereocenters. The van der Waals surface area contributed by atoms with Crippen LogP contribution < -0.4 is 5.32 Å². The van der Waals surface area contributed by atoms with Crippen LogP contribution in [0.5, 0.6) is 0 Å². The quantitative estimate of drug-likeness (QED) is 0.791. The van der Waals surface area contributed by atoms with Gasteiger partial charge in [-0.15, -0.1) is 0 Å². The minimum Gasteiger partial charge on any atom is -0.459 e. The number of carbonyl (C=O) groups excluding carboxylic acids is 1. The number of para-hydroxylation sites is 1. The number of furan rings is 1. The van der Waals surface area contributed by atoms with Crippen molar-refractivity contribution in [1.82, 2.24) is 5.32 Å². The number of nitrogens with one attached hydrogen (secondary N) is 1. The molecular formula is C18H16FNO2. The van der Waals surface area contributed by atoms with Gasteiger partial charge in [0.1, 0.15) is 17.2 Å². The third kappa shape index (κ3) is 3.01. The summed E-state index contributed by atoms with van der Waals surface area (Å²) in [4.78, 5) is 12.0. The second kappa shape index (κ2) is 6.02. The highest BCUT2D eigenvalue weighted by atomic mass is 19.1. The first-order valence-corrected chi connectivity index (χ1v) is 7.15. The van der Waals surface area contributed by atoms with Crippen LogP contribution in [0.3, 0.4) is 0 Å². The maximum absolute atomic E-state index is 13.6. The normalized spacial score (nSPS) is 12.3. The molecule has 1 heterocycles. The van der Waals surface area contributed by atoms with Gasteiger partial charge >= 0.3 is 0 Å². The van der Waals surface area contributed by atoms with Gasteiger partial charge in [-0.05, 0) is 30.7 Å². The molecule has 0 fully saturated rings. The van der Waals surface area contributed by atoms with E-state index in [0.29, 0.717) is 11.3 Å². The van der Waals surface area contributed by atoms with E-state index in [1.165, 1.54) is 6.07 Å². The van der Waals surface area contributed by atoms with E-state index >= 15 is 0 Å². The minimum absolute atomic E-state index is 0.0112. The van der Waals surface area contributed by atoms with Crippen LogP contribution in [0.2, 0.25) is 0 Å². The predicted octanol–water partition coefficient (Wildman–Crippen LogP) is 3.99. The fraction of sp³-hybridized carbons (Fsp3) is 0.167. The van der Waals surface area contributed by atoms with Gasteiger partial charge in [0.25, 0.3) is 0 Å². The molecule has 1 aromatic heterocycles. The number of amides is 1. The molecule has 3 aromatic rings. The summed E-state index contributed by atoms with van der Waals surface area (Å²) in [5.41, 5.74) is 1.17. The number of benzene rings is 2. The Hall–Kier alpha value is -2.62. The highest BCUT2D eigenvalue weighted by Crippen LogP contribution is 2.23. The van der Waals surface area contributed by atoms with E-state index in [0.717, 1.165) is 11.0 Å². The van der Waals surface area contributed by atoms with Gasteiger partial charge in [-0.1, -0.05) is 36.4 Å². The summed E-state index contributed by atoms with van der Waals surface area (Å²) in [5.74, 6) is 0.0789. The van der Waals surface area contributed by atoms with E-state index in [-0.39, 0.29) is 24.2 Å². The van der Waals surface area contributed by atoms with Crippen molar-refractivity contribution in [2.45, 2.75) is 19.4 Å². The lowest BCUT2D eigenvalue weighted by Crippen LogP contribution is -2.28. The van der Waals surface area contributed by atoms with E-state index < -0.39 is 0 Å². The lowest BCUT2D eigenvalue weighted by molar-refractivity contribution is -0.121. The number of carbonyl (C=O) groups is 1. The average molecular weight is 297 g/mol. The van der Waals surface area contributed by atoms with Crippen LogP contribution in [0, 0.1) is 5.82 Å². The van der Waals surface area contributed by atoms with Crippen LogP contribution in [0.4, 0.5) is 4.39 Å². The van der Waals surface area contributed by atoms with Gasteiger partial charge in [-0.3, -0.25) is 4.79 Å². The Morgan fingerprint density at radius 2 is 1.91 bits per heavy atom. The van der Waals surface area contributed by atoms with Crippen LogP contribution in [0.1, 0.15) is 24.3 Å². The van der Waals surface area contributed by atoms with Gasteiger partial charge in [-0.25, -0.2) is 4.39 Å². The molecule has 1 N–H and O–H groups in total. The Morgan fingerprint density at radius 3 is 2.68 bits per heavy atom. The van der Waals surface area contributed by atoms with E-state index in [9.17, 15) is 9.18 Å². The number of hydrogen-bond donors (Lipinski definition) is 1. The molecule has 112 valence electrons. The first-order chi connectivity index (χ1) is 10.6. The molecule has 3 nitrogen and oxygen atoms in total. The number of fused-ring (bicyclic) bond motifs is 1. The molecule has 0 aliphatic heterocycles. The van der Waals surface area contributed by atoms with Crippen molar-refractivity contribution in [2.75, 3.05) is 0 Å². The largest absolute Gasteiger partial charge is 0.459 e. The Balaban J connectivity index is 1.69. The van der Waals surface area contributed by atoms with Gasteiger partial charge in [-0.2, -0.15) is 0 Å². The highest BCUT2D eigenvalue weighted by Gasteiger charge is 2.15. The topological polar surface area (TPSA) is 42.2 Å². The summed E-state index contributed by atoms with van der Waals surface area (Å²) in [5, 5.41) is 3.83. The SMILES string of the molecule is C[C@@H](NC(=O)Cc1ccccc1F)c1cc2ccccc2o1. The van der Waals surface area contributed by atoms with Crippen molar-refractivity contribution >= 4 is 16.9 Å². The van der Waals surface area contributed by atoms with Crippen molar-refractivity contribution in [3.05, 3.63) is 71.7 Å². The Bertz CT molecular complexity index is 776. The van der Waals surface area contributed by atoms with E-state index in [1.807, 2.05) is 37.3 Å². The predicted molar refractivity (Wildman–Crippen MR) is 82.9 cm³/mol. The highest BCUT2D eigenvalue weighted by molar-refractivity contribution is 5.80. The second-order valence-corrected chi connectivity index (χ2v) is 5.24. The summed E-state index contributed by atoms with van der Waals surface area (Å²) in [6.07, 6.45) is 0.0112. The molecule has 2 aromatic carbocycles. The number of halogens is 1. The fourth-order valence-electron chi connectivity index (χ4n) is 2.39. The van der Waals surface area contributed by atoms with Crippen molar-refractivity contribution in [3.8, 4) is 0 Å². The zero-order chi connectivity index (χ0) is 15.5. The van der Waals surface area contributed by atoms with Crippen LogP contribution >= 0.6 is 0 Å². The maximum Gasteiger partial charge on any atom is 0.225 e. The van der Waals surface area contributed by atoms with Gasteiger partial charge in [0.15, 0.2) is 0 Å². The fourth-order valence-corrected chi connectivity index (χ4v) is 2.39. The first-order valence-electron chi connectivity index (χ1n) is 7.15. The van der Waals surface area contributed by atoms with E-state index in [4.69, 9.17) is 4.42 Å². The van der Waals surface area contributed by atoms with Crippen molar-refractivity contribution in [3.63, 3.8) is 0 Å². The summed E-state index contributed by atoms with van der Waals surface area (Å²) in [7, 11) is 0. The van der Waals surface area contributed by atoms with Gasteiger partial charge in [0.2, 0.25) is 5.91 Å². The van der Waals surface area contributed by atoms with Crippen LogP contribution in [0.25, 0.3) is 11.0 Å². The molecule has 0 radical (unpaired) electrons. The number of rotatable bonds is 4. The molecule has 0 aliphatic carbocycles. The molecule has 4 heteroatoms. The zero-order valence-corrected chi connectivity index (χ0v) is 12.2. The lowest BCUT2D eigenvalue weighted by atomic mass is 10.1. The maximum atomic E-state index is 13.6. The smallest absolute Gasteiger partial charge is 0.225 e. The number of hydrogen-bond acceptors (Lipinski definition) is 2. The molecule has 0 bridgehead atoms. The molecule has 22 heavy (non-hydrogen) atoms. The van der Waals surface area contributed by atoms with Gasteiger partial charge in [0.05, 0.1) is 12.5 Å². The zero-order valence-electron chi connectivity index (χ0n) is 12.2. The monoisotopic (exact) mass is 297 g/mol.